The van der Waals surface area contributed by atoms with Crippen LogP contribution in [0.5, 0.6) is 0 Å². The zero-order valence-electron chi connectivity index (χ0n) is 13.2. The Bertz CT molecular complexity index is 706. The van der Waals surface area contributed by atoms with Gasteiger partial charge in [0.25, 0.3) is 5.91 Å². The lowest BCUT2D eigenvalue weighted by atomic mass is 10.0. The predicted molar refractivity (Wildman–Crippen MR) is 84.7 cm³/mol. The number of amides is 1. The quantitative estimate of drug-likeness (QED) is 0.817. The van der Waals surface area contributed by atoms with E-state index >= 15 is 0 Å². The summed E-state index contributed by atoms with van der Waals surface area (Å²) < 4.78 is 5.08. The van der Waals surface area contributed by atoms with Crippen LogP contribution in [-0.4, -0.2) is 40.1 Å². The number of aliphatic carboxylic acids is 1. The molecule has 2 aromatic rings. The number of nitrogens with two attached hydrogens (primary N) is 1. The highest BCUT2D eigenvalue weighted by Gasteiger charge is 2.31. The number of likely N-dealkylation sites (N-methyl/N-ethyl adjacent to an activating group) is 1. The van der Waals surface area contributed by atoms with Crippen LogP contribution in [-0.2, 0) is 4.79 Å². The number of carboxylic acids is 1. The number of hydrogen-bond donors (Lipinski definition) is 2. The van der Waals surface area contributed by atoms with Gasteiger partial charge in [0, 0.05) is 24.4 Å². The van der Waals surface area contributed by atoms with Gasteiger partial charge in [-0.1, -0.05) is 31.1 Å². The van der Waals surface area contributed by atoms with Gasteiger partial charge >= 0.3 is 5.97 Å². The first-order chi connectivity index (χ1) is 10.8. The Kier molecular flexibility index (Phi) is 4.68. The zero-order chi connectivity index (χ0) is 17.1. The number of anilines is 1. The van der Waals surface area contributed by atoms with Gasteiger partial charge in [0.15, 0.2) is 0 Å². The van der Waals surface area contributed by atoms with E-state index in [1.807, 2.05) is 0 Å². The number of benzene rings is 1. The summed E-state index contributed by atoms with van der Waals surface area (Å²) in [6, 6.07) is 7.52. The van der Waals surface area contributed by atoms with E-state index < -0.39 is 17.9 Å². The fraction of sp³-hybridized carbons (Fsp3) is 0.312. The molecule has 7 nitrogen and oxygen atoms in total. The van der Waals surface area contributed by atoms with Crippen molar-refractivity contribution in [1.82, 2.24) is 10.1 Å². The minimum absolute atomic E-state index is 0.00812. The predicted octanol–water partition coefficient (Wildman–Crippen LogP) is 2.10. The summed E-state index contributed by atoms with van der Waals surface area (Å²) in [4.78, 5) is 24.9. The van der Waals surface area contributed by atoms with Gasteiger partial charge in [0.1, 0.15) is 11.7 Å². The van der Waals surface area contributed by atoms with Gasteiger partial charge in [-0.15, -0.1) is 0 Å². The molecule has 2 rings (SSSR count). The van der Waals surface area contributed by atoms with Crippen LogP contribution in [0, 0.1) is 5.92 Å². The number of nitrogens with zero attached hydrogens (tertiary/aromatic N) is 2. The molecule has 0 radical (unpaired) electrons. The van der Waals surface area contributed by atoms with Crippen LogP contribution >= 0.6 is 0 Å². The number of aromatic nitrogens is 1. The van der Waals surface area contributed by atoms with Crippen molar-refractivity contribution < 1.29 is 19.2 Å². The molecule has 1 aromatic carbocycles. The number of rotatable bonds is 5. The number of carboxylic acid groups (broad SMARTS) is 1. The molecule has 1 aromatic heterocycles. The molecule has 122 valence electrons. The summed E-state index contributed by atoms with van der Waals surface area (Å²) in [5.41, 5.74) is 7.48. The maximum atomic E-state index is 12.4. The average Bonchev–Trinajstić information content (AvgIpc) is 2.96. The summed E-state index contributed by atoms with van der Waals surface area (Å²) in [6.07, 6.45) is 0. The van der Waals surface area contributed by atoms with Gasteiger partial charge in [-0.25, -0.2) is 4.79 Å². The molecule has 23 heavy (non-hydrogen) atoms. The maximum absolute atomic E-state index is 12.4. The first-order valence-electron chi connectivity index (χ1n) is 7.14. The van der Waals surface area contributed by atoms with Crippen molar-refractivity contribution in [2.24, 2.45) is 5.92 Å². The first kappa shape index (κ1) is 16.5. The first-order valence-corrected chi connectivity index (χ1v) is 7.14. The minimum Gasteiger partial charge on any atom is -0.480 e. The van der Waals surface area contributed by atoms with Crippen molar-refractivity contribution in [3.05, 3.63) is 36.1 Å². The fourth-order valence-electron chi connectivity index (χ4n) is 2.36. The van der Waals surface area contributed by atoms with Crippen molar-refractivity contribution in [3.63, 3.8) is 0 Å². The third kappa shape index (κ3) is 3.50. The average molecular weight is 317 g/mol. The maximum Gasteiger partial charge on any atom is 0.326 e. The molecule has 0 spiro atoms. The summed E-state index contributed by atoms with van der Waals surface area (Å²) in [5.74, 6) is -1.83. The monoisotopic (exact) mass is 317 g/mol. The van der Waals surface area contributed by atoms with E-state index in [2.05, 4.69) is 5.16 Å². The van der Waals surface area contributed by atoms with Gasteiger partial charge in [-0.2, -0.15) is 0 Å². The lowest BCUT2D eigenvalue weighted by Crippen LogP contribution is -2.45. The van der Waals surface area contributed by atoms with Gasteiger partial charge in [-0.05, 0) is 18.1 Å². The SMILES string of the molecule is CC(C)C(C(=O)O)N(C)C(=O)c1cc(-c2ccc(N)cc2)no1. The van der Waals surface area contributed by atoms with Crippen LogP contribution in [0.15, 0.2) is 34.9 Å². The molecule has 0 saturated carbocycles. The molecule has 1 unspecified atom stereocenters. The lowest BCUT2D eigenvalue weighted by molar-refractivity contribution is -0.143. The Hall–Kier alpha value is -2.83. The van der Waals surface area contributed by atoms with Crippen molar-refractivity contribution in [1.29, 1.82) is 0 Å². The van der Waals surface area contributed by atoms with Gasteiger partial charge < -0.3 is 20.3 Å². The molecule has 0 saturated heterocycles. The van der Waals surface area contributed by atoms with Crippen LogP contribution < -0.4 is 5.73 Å². The molecular formula is C16H19N3O4. The molecule has 0 bridgehead atoms. The van der Waals surface area contributed by atoms with Gasteiger partial charge in [0.05, 0.1) is 0 Å². The van der Waals surface area contributed by atoms with E-state index in [0.717, 1.165) is 10.5 Å². The Morgan fingerprint density at radius 1 is 1.26 bits per heavy atom. The summed E-state index contributed by atoms with van der Waals surface area (Å²) in [5, 5.41) is 13.1. The van der Waals surface area contributed by atoms with E-state index in [-0.39, 0.29) is 11.7 Å². The molecular weight excluding hydrogens is 298 g/mol. The van der Waals surface area contributed by atoms with Gasteiger partial charge in [0.2, 0.25) is 5.76 Å². The second-order valence-electron chi connectivity index (χ2n) is 5.64. The Balaban J connectivity index is 2.24. The molecule has 7 heteroatoms. The number of hydrogen-bond acceptors (Lipinski definition) is 5. The second kappa shape index (κ2) is 6.51. The summed E-state index contributed by atoms with van der Waals surface area (Å²) in [7, 11) is 1.44. The van der Waals surface area contributed by atoms with Crippen LogP contribution in [0.4, 0.5) is 5.69 Å². The van der Waals surface area contributed by atoms with Crippen LogP contribution in [0.2, 0.25) is 0 Å². The van der Waals surface area contributed by atoms with Crippen LogP contribution in [0.3, 0.4) is 0 Å². The Morgan fingerprint density at radius 2 is 1.87 bits per heavy atom. The summed E-state index contributed by atoms with van der Waals surface area (Å²) in [6.45, 7) is 3.48. The number of carbonyl (C=O) groups excluding carboxylic acids is 1. The molecule has 0 aliphatic heterocycles. The van der Waals surface area contributed by atoms with Crippen molar-refractivity contribution in [3.8, 4) is 11.3 Å². The fourth-order valence-corrected chi connectivity index (χ4v) is 2.36. The second-order valence-corrected chi connectivity index (χ2v) is 5.64. The molecule has 3 N–H and O–H groups in total. The van der Waals surface area contributed by atoms with E-state index in [1.165, 1.54) is 13.1 Å². The van der Waals surface area contributed by atoms with E-state index in [1.54, 1.807) is 38.1 Å². The topological polar surface area (TPSA) is 110 Å². The van der Waals surface area contributed by atoms with E-state index in [4.69, 9.17) is 10.3 Å². The Labute approximate surface area is 133 Å². The van der Waals surface area contributed by atoms with Crippen molar-refractivity contribution >= 4 is 17.6 Å². The molecule has 1 heterocycles. The summed E-state index contributed by atoms with van der Waals surface area (Å²) >= 11 is 0. The highest BCUT2D eigenvalue weighted by molar-refractivity contribution is 5.95. The van der Waals surface area contributed by atoms with E-state index in [9.17, 15) is 14.7 Å². The van der Waals surface area contributed by atoms with Gasteiger partial charge in [-0.3, -0.25) is 4.79 Å². The molecule has 1 amide bonds. The Morgan fingerprint density at radius 3 is 2.39 bits per heavy atom. The lowest BCUT2D eigenvalue weighted by Gasteiger charge is -2.26. The van der Waals surface area contributed by atoms with Crippen molar-refractivity contribution in [2.75, 3.05) is 12.8 Å². The largest absolute Gasteiger partial charge is 0.480 e. The smallest absolute Gasteiger partial charge is 0.326 e. The highest BCUT2D eigenvalue weighted by Crippen LogP contribution is 2.22. The minimum atomic E-state index is -1.06. The third-order valence-electron chi connectivity index (χ3n) is 3.55. The number of nitrogen functional groups attached to an aromatic ring is 1. The van der Waals surface area contributed by atoms with Crippen LogP contribution in [0.1, 0.15) is 24.4 Å². The standard InChI is InChI=1S/C16H19N3O4/c1-9(2)14(16(21)22)19(3)15(20)13-8-12(18-23-13)10-4-6-11(17)7-5-10/h4-9,14H,17H2,1-3H3,(H,21,22). The van der Waals surface area contributed by atoms with Crippen LogP contribution in [0.25, 0.3) is 11.3 Å². The molecule has 0 aliphatic rings. The normalized spacial score (nSPS) is 12.2. The zero-order valence-corrected chi connectivity index (χ0v) is 13.2. The third-order valence-corrected chi connectivity index (χ3v) is 3.55. The molecule has 0 fully saturated rings. The highest BCUT2D eigenvalue weighted by atomic mass is 16.5. The molecule has 0 aliphatic carbocycles. The van der Waals surface area contributed by atoms with Crippen molar-refractivity contribution in [2.45, 2.75) is 19.9 Å². The van der Waals surface area contributed by atoms with E-state index in [0.29, 0.717) is 11.4 Å². The number of carbonyl (C=O) groups is 2. The molecule has 1 atom stereocenters.